The summed E-state index contributed by atoms with van der Waals surface area (Å²) in [7, 11) is 1.83. The van der Waals surface area contributed by atoms with Crippen molar-refractivity contribution < 1.29 is 9.59 Å². The first kappa shape index (κ1) is 10.9. The molecule has 0 fully saturated rings. The molecule has 0 spiro atoms. The fraction of sp³-hybridized carbons (Fsp3) is 0.385. The number of aromatic nitrogens is 1. The molecule has 2 rings (SSSR count). The van der Waals surface area contributed by atoms with Gasteiger partial charge in [0.05, 0.1) is 5.56 Å². The Morgan fingerprint density at radius 2 is 1.38 bits per heavy atom. The molecule has 16 heavy (non-hydrogen) atoms. The highest BCUT2D eigenvalue weighted by Crippen LogP contribution is 2.31. The first-order valence-electron chi connectivity index (χ1n) is 5.30. The van der Waals surface area contributed by atoms with Gasteiger partial charge in [-0.2, -0.15) is 0 Å². The first-order valence-corrected chi connectivity index (χ1v) is 5.30. The van der Waals surface area contributed by atoms with Crippen molar-refractivity contribution >= 4 is 11.6 Å². The summed E-state index contributed by atoms with van der Waals surface area (Å²) in [6.07, 6.45) is 0. The molecule has 0 radical (unpaired) electrons. The molecule has 0 unspecified atom stereocenters. The van der Waals surface area contributed by atoms with Gasteiger partial charge in [-0.3, -0.25) is 9.59 Å². The third-order valence-electron chi connectivity index (χ3n) is 3.68. The number of ketones is 2. The highest BCUT2D eigenvalue weighted by Gasteiger charge is 2.33. The molecule has 0 aromatic carbocycles. The molecule has 3 heteroatoms. The van der Waals surface area contributed by atoms with Crippen LogP contribution in [0.4, 0.5) is 0 Å². The molecular weight excluding hydrogens is 202 g/mol. The number of carbonyl (C=O) groups excluding carboxylic acids is 2. The maximum atomic E-state index is 12.1. The number of Topliss-reactive ketones (excluding diaryl/α,β-unsaturated/α-hetero) is 2. The molecule has 1 heterocycles. The highest BCUT2D eigenvalue weighted by molar-refractivity contribution is 6.26. The second-order valence-corrected chi connectivity index (χ2v) is 4.40. The van der Waals surface area contributed by atoms with Crippen LogP contribution < -0.4 is 0 Å². The molecule has 0 saturated heterocycles. The SMILES string of the molecule is CC1=C(C)C(=O)c2c(c(C)c(C)n2C)C1=O. The minimum Gasteiger partial charge on any atom is -0.344 e. The second kappa shape index (κ2) is 3.17. The molecule has 0 N–H and O–H groups in total. The third kappa shape index (κ3) is 1.08. The zero-order valence-corrected chi connectivity index (χ0v) is 10.3. The van der Waals surface area contributed by atoms with E-state index in [2.05, 4.69) is 0 Å². The van der Waals surface area contributed by atoms with Gasteiger partial charge in [-0.05, 0) is 33.3 Å². The number of hydrogen-bond donors (Lipinski definition) is 0. The zero-order valence-electron chi connectivity index (χ0n) is 10.3. The van der Waals surface area contributed by atoms with Gasteiger partial charge in [0.1, 0.15) is 5.69 Å². The molecular formula is C13H15NO2. The lowest BCUT2D eigenvalue weighted by Crippen LogP contribution is -2.21. The summed E-state index contributed by atoms with van der Waals surface area (Å²) in [6, 6.07) is 0. The van der Waals surface area contributed by atoms with Crippen LogP contribution in [0.3, 0.4) is 0 Å². The van der Waals surface area contributed by atoms with Crippen LogP contribution in [-0.4, -0.2) is 16.1 Å². The van der Waals surface area contributed by atoms with Gasteiger partial charge in [0.25, 0.3) is 0 Å². The van der Waals surface area contributed by atoms with E-state index in [4.69, 9.17) is 0 Å². The Hall–Kier alpha value is -1.64. The average Bonchev–Trinajstić information content (AvgIpc) is 2.48. The van der Waals surface area contributed by atoms with E-state index in [1.54, 1.807) is 13.8 Å². The number of carbonyl (C=O) groups is 2. The van der Waals surface area contributed by atoms with E-state index in [0.29, 0.717) is 22.4 Å². The Labute approximate surface area is 94.8 Å². The van der Waals surface area contributed by atoms with Crippen molar-refractivity contribution in [3.8, 4) is 0 Å². The maximum Gasteiger partial charge on any atom is 0.206 e. The van der Waals surface area contributed by atoms with Crippen molar-refractivity contribution in [2.45, 2.75) is 27.7 Å². The van der Waals surface area contributed by atoms with Gasteiger partial charge in [0, 0.05) is 23.9 Å². The molecule has 1 aliphatic carbocycles. The predicted molar refractivity (Wildman–Crippen MR) is 61.9 cm³/mol. The van der Waals surface area contributed by atoms with Gasteiger partial charge in [-0.15, -0.1) is 0 Å². The average molecular weight is 217 g/mol. The lowest BCUT2D eigenvalue weighted by atomic mass is 9.88. The van der Waals surface area contributed by atoms with E-state index in [-0.39, 0.29) is 11.6 Å². The van der Waals surface area contributed by atoms with Gasteiger partial charge in [0.15, 0.2) is 5.78 Å². The smallest absolute Gasteiger partial charge is 0.206 e. The molecule has 1 aliphatic rings. The second-order valence-electron chi connectivity index (χ2n) is 4.40. The maximum absolute atomic E-state index is 12.1. The fourth-order valence-electron chi connectivity index (χ4n) is 2.19. The number of nitrogens with zero attached hydrogens (tertiary/aromatic N) is 1. The van der Waals surface area contributed by atoms with Crippen LogP contribution in [0.1, 0.15) is 46.0 Å². The molecule has 0 aliphatic heterocycles. The van der Waals surface area contributed by atoms with Crippen molar-refractivity contribution in [2.75, 3.05) is 0 Å². The number of fused-ring (bicyclic) bond motifs is 1. The summed E-state index contributed by atoms with van der Waals surface area (Å²) in [5.74, 6) is -0.0286. The van der Waals surface area contributed by atoms with Crippen molar-refractivity contribution in [1.82, 2.24) is 4.57 Å². The standard InChI is InChI=1S/C13H15NO2/c1-6-7(2)13(16)11-10(12(6)15)8(3)9(4)14(11)5/h1-5H3. The van der Waals surface area contributed by atoms with Gasteiger partial charge in [-0.1, -0.05) is 0 Å². The quantitative estimate of drug-likeness (QED) is 0.669. The summed E-state index contributed by atoms with van der Waals surface area (Å²) < 4.78 is 1.82. The topological polar surface area (TPSA) is 39.1 Å². The van der Waals surface area contributed by atoms with E-state index in [1.165, 1.54) is 0 Å². The lowest BCUT2D eigenvalue weighted by Gasteiger charge is -2.15. The van der Waals surface area contributed by atoms with E-state index in [1.807, 2.05) is 25.5 Å². The lowest BCUT2D eigenvalue weighted by molar-refractivity contribution is 0.0969. The Kier molecular flexibility index (Phi) is 2.15. The Bertz CT molecular complexity index is 511. The van der Waals surface area contributed by atoms with Gasteiger partial charge in [0.2, 0.25) is 5.78 Å². The minimum atomic E-state index is -0.0224. The zero-order chi connectivity index (χ0) is 12.2. The van der Waals surface area contributed by atoms with E-state index in [9.17, 15) is 9.59 Å². The van der Waals surface area contributed by atoms with E-state index >= 15 is 0 Å². The number of hydrogen-bond acceptors (Lipinski definition) is 2. The third-order valence-corrected chi connectivity index (χ3v) is 3.68. The van der Waals surface area contributed by atoms with Crippen LogP contribution in [-0.2, 0) is 7.05 Å². The summed E-state index contributed by atoms with van der Waals surface area (Å²) in [6.45, 7) is 7.27. The summed E-state index contributed by atoms with van der Waals surface area (Å²) in [4.78, 5) is 24.3. The van der Waals surface area contributed by atoms with Gasteiger partial charge in [-0.25, -0.2) is 0 Å². The van der Waals surface area contributed by atoms with Crippen LogP contribution in [0, 0.1) is 13.8 Å². The van der Waals surface area contributed by atoms with Gasteiger partial charge >= 0.3 is 0 Å². The molecule has 0 saturated carbocycles. The Balaban J connectivity index is 2.86. The molecule has 1 aromatic rings. The van der Waals surface area contributed by atoms with Gasteiger partial charge < -0.3 is 4.57 Å². The molecule has 3 nitrogen and oxygen atoms in total. The minimum absolute atomic E-state index is 0.00620. The summed E-state index contributed by atoms with van der Waals surface area (Å²) in [5.41, 5.74) is 4.18. The van der Waals surface area contributed by atoms with Crippen LogP contribution in [0.25, 0.3) is 0 Å². The summed E-state index contributed by atoms with van der Waals surface area (Å²) >= 11 is 0. The van der Waals surface area contributed by atoms with Crippen LogP contribution >= 0.6 is 0 Å². The van der Waals surface area contributed by atoms with E-state index in [0.717, 1.165) is 11.3 Å². The molecule has 1 aromatic heterocycles. The predicted octanol–water partition coefficient (Wildman–Crippen LogP) is 2.36. The Morgan fingerprint density at radius 1 is 0.875 bits per heavy atom. The molecule has 0 bridgehead atoms. The monoisotopic (exact) mass is 217 g/mol. The fourth-order valence-corrected chi connectivity index (χ4v) is 2.19. The van der Waals surface area contributed by atoms with Crippen LogP contribution in [0.15, 0.2) is 11.1 Å². The van der Waals surface area contributed by atoms with Crippen molar-refractivity contribution in [3.63, 3.8) is 0 Å². The number of rotatable bonds is 0. The number of allylic oxidation sites excluding steroid dienone is 2. The van der Waals surface area contributed by atoms with E-state index < -0.39 is 0 Å². The largest absolute Gasteiger partial charge is 0.344 e. The normalized spacial score (nSPS) is 15.8. The van der Waals surface area contributed by atoms with Crippen LogP contribution in [0.5, 0.6) is 0 Å². The molecule has 0 atom stereocenters. The first-order chi connectivity index (χ1) is 7.37. The van der Waals surface area contributed by atoms with Crippen molar-refractivity contribution in [2.24, 2.45) is 7.05 Å². The molecule has 84 valence electrons. The highest BCUT2D eigenvalue weighted by atomic mass is 16.1. The van der Waals surface area contributed by atoms with Crippen molar-refractivity contribution in [3.05, 3.63) is 33.7 Å². The van der Waals surface area contributed by atoms with Crippen LogP contribution in [0.2, 0.25) is 0 Å². The summed E-state index contributed by atoms with van der Waals surface area (Å²) in [5, 5.41) is 0. The van der Waals surface area contributed by atoms with Crippen molar-refractivity contribution in [1.29, 1.82) is 0 Å². The molecule has 0 amide bonds. The Morgan fingerprint density at radius 3 is 1.94 bits per heavy atom.